The van der Waals surface area contributed by atoms with Crippen LogP contribution in [-0.4, -0.2) is 45.7 Å². The topological polar surface area (TPSA) is 94.8 Å². The van der Waals surface area contributed by atoms with Gasteiger partial charge in [-0.1, -0.05) is 18.2 Å². The minimum Gasteiger partial charge on any atom is -0.506 e. The minimum absolute atomic E-state index is 0.109. The zero-order valence-corrected chi connectivity index (χ0v) is 10.8. The van der Waals surface area contributed by atoms with E-state index >= 15 is 0 Å². The van der Waals surface area contributed by atoms with Crippen molar-refractivity contribution in [2.45, 2.75) is 11.8 Å². The molecule has 0 radical (unpaired) electrons. The van der Waals surface area contributed by atoms with Gasteiger partial charge in [0.25, 0.3) is 0 Å². The fourth-order valence-corrected chi connectivity index (χ4v) is 2.29. The average Bonchev–Trinajstić information content (AvgIpc) is 2.93. The van der Waals surface area contributed by atoms with Crippen molar-refractivity contribution in [2.75, 3.05) is 19.8 Å². The van der Waals surface area contributed by atoms with E-state index in [0.29, 0.717) is 11.2 Å². The Bertz CT molecular complexity index is 628. The molecule has 3 rings (SSSR count). The van der Waals surface area contributed by atoms with Gasteiger partial charge < -0.3 is 20.1 Å². The molecule has 106 valence electrons. The SMILES string of the molecule is OCC1(CO)CO[C@H](c2ccc3cccc(O)c3n2)N1. The number of para-hydroxylation sites is 1. The van der Waals surface area contributed by atoms with Gasteiger partial charge in [0, 0.05) is 5.39 Å². The summed E-state index contributed by atoms with van der Waals surface area (Å²) in [5.74, 6) is 0.109. The van der Waals surface area contributed by atoms with Crippen LogP contribution in [0.2, 0.25) is 0 Å². The number of benzene rings is 1. The highest BCUT2D eigenvalue weighted by molar-refractivity contribution is 5.84. The summed E-state index contributed by atoms with van der Waals surface area (Å²) in [6.07, 6.45) is -0.515. The quantitative estimate of drug-likeness (QED) is 0.643. The number of hydrogen-bond acceptors (Lipinski definition) is 6. The molecule has 0 aliphatic carbocycles. The van der Waals surface area contributed by atoms with E-state index in [-0.39, 0.29) is 25.6 Å². The van der Waals surface area contributed by atoms with Crippen molar-refractivity contribution in [1.82, 2.24) is 10.3 Å². The van der Waals surface area contributed by atoms with Crippen molar-refractivity contribution >= 4 is 10.9 Å². The Morgan fingerprint density at radius 1 is 1.25 bits per heavy atom. The van der Waals surface area contributed by atoms with Crippen molar-refractivity contribution in [1.29, 1.82) is 0 Å². The van der Waals surface area contributed by atoms with Crippen LogP contribution >= 0.6 is 0 Å². The molecular weight excluding hydrogens is 260 g/mol. The summed E-state index contributed by atoms with van der Waals surface area (Å²) < 4.78 is 5.55. The van der Waals surface area contributed by atoms with Crippen LogP contribution in [-0.2, 0) is 4.74 Å². The number of aliphatic hydroxyl groups excluding tert-OH is 2. The molecule has 1 saturated heterocycles. The van der Waals surface area contributed by atoms with E-state index in [1.807, 2.05) is 12.1 Å². The molecule has 6 nitrogen and oxygen atoms in total. The second-order valence-corrected chi connectivity index (χ2v) is 5.02. The van der Waals surface area contributed by atoms with Crippen LogP contribution in [0.3, 0.4) is 0 Å². The van der Waals surface area contributed by atoms with E-state index in [2.05, 4.69) is 10.3 Å². The predicted molar refractivity (Wildman–Crippen MR) is 72.1 cm³/mol. The second kappa shape index (κ2) is 4.99. The summed E-state index contributed by atoms with van der Waals surface area (Å²) in [6.45, 7) is -0.247. The van der Waals surface area contributed by atoms with Crippen LogP contribution in [0.5, 0.6) is 5.75 Å². The zero-order valence-electron chi connectivity index (χ0n) is 10.8. The van der Waals surface area contributed by atoms with Crippen LogP contribution in [0.4, 0.5) is 0 Å². The van der Waals surface area contributed by atoms with Crippen LogP contribution in [0, 0.1) is 0 Å². The van der Waals surface area contributed by atoms with Crippen molar-refractivity contribution in [3.8, 4) is 5.75 Å². The summed E-state index contributed by atoms with van der Waals surface area (Å²) in [5.41, 5.74) is 0.253. The monoisotopic (exact) mass is 276 g/mol. The maximum atomic E-state index is 9.83. The molecule has 0 saturated carbocycles. The fraction of sp³-hybridized carbons (Fsp3) is 0.357. The highest BCUT2D eigenvalue weighted by Gasteiger charge is 2.39. The maximum Gasteiger partial charge on any atom is 0.152 e. The van der Waals surface area contributed by atoms with E-state index in [1.54, 1.807) is 18.2 Å². The lowest BCUT2D eigenvalue weighted by Crippen LogP contribution is -2.49. The Balaban J connectivity index is 1.94. The largest absolute Gasteiger partial charge is 0.506 e. The zero-order chi connectivity index (χ0) is 14.2. The molecule has 4 N–H and O–H groups in total. The standard InChI is InChI=1S/C14H16N2O4/c17-6-14(7-18)8-20-13(16-14)10-5-4-9-2-1-3-11(19)12(9)15-10/h1-5,13,16-19H,6-8H2/t13-/m1/s1. The second-order valence-electron chi connectivity index (χ2n) is 5.02. The number of phenolic OH excluding ortho intramolecular Hbond substituents is 1. The van der Waals surface area contributed by atoms with Crippen molar-refractivity contribution in [3.63, 3.8) is 0 Å². The van der Waals surface area contributed by atoms with Gasteiger partial charge in [-0.15, -0.1) is 0 Å². The Kier molecular flexibility index (Phi) is 3.31. The number of nitrogens with one attached hydrogen (secondary N) is 1. The molecule has 0 amide bonds. The molecule has 1 aliphatic heterocycles. The molecule has 1 aromatic heterocycles. The van der Waals surface area contributed by atoms with E-state index in [1.165, 1.54) is 0 Å². The Morgan fingerprint density at radius 3 is 2.75 bits per heavy atom. The number of rotatable bonds is 3. The fourth-order valence-electron chi connectivity index (χ4n) is 2.29. The number of hydrogen-bond donors (Lipinski definition) is 4. The summed E-state index contributed by atoms with van der Waals surface area (Å²) in [4.78, 5) is 4.39. The normalized spacial score (nSPS) is 21.4. The first kappa shape index (κ1) is 13.3. The van der Waals surface area contributed by atoms with Crippen molar-refractivity contribution < 1.29 is 20.1 Å². The van der Waals surface area contributed by atoms with E-state index in [4.69, 9.17) is 4.74 Å². The molecule has 1 aliphatic rings. The highest BCUT2D eigenvalue weighted by atomic mass is 16.5. The van der Waals surface area contributed by atoms with Crippen LogP contribution < -0.4 is 5.32 Å². The molecule has 0 unspecified atom stereocenters. The van der Waals surface area contributed by atoms with E-state index < -0.39 is 11.8 Å². The number of nitrogens with zero attached hydrogens (tertiary/aromatic N) is 1. The number of phenols is 1. The van der Waals surface area contributed by atoms with Crippen molar-refractivity contribution in [3.05, 3.63) is 36.0 Å². The summed E-state index contributed by atoms with van der Waals surface area (Å²) in [6, 6.07) is 8.84. The molecular formula is C14H16N2O4. The van der Waals surface area contributed by atoms with Gasteiger partial charge in [-0.3, -0.25) is 5.32 Å². The van der Waals surface area contributed by atoms with Gasteiger partial charge in [0.1, 0.15) is 11.3 Å². The smallest absolute Gasteiger partial charge is 0.152 e. The lowest BCUT2D eigenvalue weighted by Gasteiger charge is -2.22. The minimum atomic E-state index is -0.847. The average molecular weight is 276 g/mol. The van der Waals surface area contributed by atoms with Gasteiger partial charge in [-0.2, -0.15) is 0 Å². The Morgan fingerprint density at radius 2 is 2.05 bits per heavy atom. The summed E-state index contributed by atoms with van der Waals surface area (Å²) in [5, 5.41) is 32.4. The van der Waals surface area contributed by atoms with E-state index in [0.717, 1.165) is 5.39 Å². The summed E-state index contributed by atoms with van der Waals surface area (Å²) in [7, 11) is 0. The third-order valence-electron chi connectivity index (χ3n) is 3.56. The van der Waals surface area contributed by atoms with Gasteiger partial charge >= 0.3 is 0 Å². The lowest BCUT2D eigenvalue weighted by atomic mass is 10.1. The van der Waals surface area contributed by atoms with Gasteiger partial charge in [-0.05, 0) is 12.1 Å². The van der Waals surface area contributed by atoms with Crippen LogP contribution in [0.25, 0.3) is 10.9 Å². The van der Waals surface area contributed by atoms with Crippen molar-refractivity contribution in [2.24, 2.45) is 0 Å². The maximum absolute atomic E-state index is 9.83. The van der Waals surface area contributed by atoms with Gasteiger partial charge in [0.05, 0.1) is 31.1 Å². The van der Waals surface area contributed by atoms with Crippen LogP contribution in [0.15, 0.2) is 30.3 Å². The molecule has 0 spiro atoms. The molecule has 0 bridgehead atoms. The molecule has 2 aromatic rings. The third-order valence-corrected chi connectivity index (χ3v) is 3.56. The number of aromatic nitrogens is 1. The molecule has 20 heavy (non-hydrogen) atoms. The molecule has 1 aromatic carbocycles. The van der Waals surface area contributed by atoms with E-state index in [9.17, 15) is 15.3 Å². The molecule has 1 atom stereocenters. The molecule has 2 heterocycles. The first-order valence-electron chi connectivity index (χ1n) is 6.37. The first-order chi connectivity index (χ1) is 9.67. The summed E-state index contributed by atoms with van der Waals surface area (Å²) >= 11 is 0. The molecule has 1 fully saturated rings. The Labute approximate surface area is 115 Å². The number of aromatic hydroxyl groups is 1. The predicted octanol–water partition coefficient (Wildman–Crippen LogP) is 0.282. The highest BCUT2D eigenvalue weighted by Crippen LogP contribution is 2.28. The first-order valence-corrected chi connectivity index (χ1v) is 6.37. The number of fused-ring (bicyclic) bond motifs is 1. The number of pyridine rings is 1. The molecule has 6 heteroatoms. The third kappa shape index (κ3) is 2.12. The van der Waals surface area contributed by atoms with Gasteiger partial charge in [0.2, 0.25) is 0 Å². The lowest BCUT2D eigenvalue weighted by molar-refractivity contribution is 0.0748. The van der Waals surface area contributed by atoms with Crippen LogP contribution in [0.1, 0.15) is 11.9 Å². The van der Waals surface area contributed by atoms with Gasteiger partial charge in [0.15, 0.2) is 6.23 Å². The van der Waals surface area contributed by atoms with Gasteiger partial charge in [-0.25, -0.2) is 4.98 Å². The number of aliphatic hydroxyl groups is 2. The number of ether oxygens (including phenoxy) is 1. The Hall–Kier alpha value is -1.73.